The molecule has 0 aliphatic carbocycles. The molecule has 1 nitrogen and oxygen atoms in total. The maximum atomic E-state index is 3.41. The quantitative estimate of drug-likeness (QED) is 0.508. The van der Waals surface area contributed by atoms with Crippen LogP contribution in [0.2, 0.25) is 0 Å². The van der Waals surface area contributed by atoms with Gasteiger partial charge >= 0.3 is 0 Å². The minimum atomic E-state index is 0.896. The molecule has 0 spiro atoms. The first-order chi connectivity index (χ1) is 7.70. The molecule has 0 aromatic carbocycles. The van der Waals surface area contributed by atoms with E-state index in [4.69, 9.17) is 0 Å². The lowest BCUT2D eigenvalue weighted by Gasteiger charge is -2.15. The Morgan fingerprint density at radius 1 is 0.812 bits per heavy atom. The highest BCUT2D eigenvalue weighted by Crippen LogP contribution is 2.19. The maximum absolute atomic E-state index is 3.41. The Morgan fingerprint density at radius 2 is 1.44 bits per heavy atom. The van der Waals surface area contributed by atoms with Gasteiger partial charge in [-0.3, -0.25) is 0 Å². The highest BCUT2D eigenvalue weighted by molar-refractivity contribution is 4.60. The Kier molecular flexibility index (Phi) is 11.4. The average Bonchev–Trinajstić information content (AvgIpc) is 2.27. The third-order valence-electron chi connectivity index (χ3n) is 3.52. The molecular formula is C15H33N. The van der Waals surface area contributed by atoms with Gasteiger partial charge in [0, 0.05) is 0 Å². The summed E-state index contributed by atoms with van der Waals surface area (Å²) < 4.78 is 0. The SMILES string of the molecule is CCCCCC(C)CC[C@H](C)CCNCC. The molecule has 0 aliphatic rings. The first-order valence-corrected chi connectivity index (χ1v) is 7.41. The van der Waals surface area contributed by atoms with Crippen molar-refractivity contribution in [1.82, 2.24) is 5.32 Å². The molecule has 0 saturated carbocycles. The Labute approximate surface area is 103 Å². The molecule has 2 atom stereocenters. The van der Waals surface area contributed by atoms with Crippen molar-refractivity contribution in [1.29, 1.82) is 0 Å². The second kappa shape index (κ2) is 11.4. The lowest BCUT2D eigenvalue weighted by atomic mass is 9.92. The monoisotopic (exact) mass is 227 g/mol. The van der Waals surface area contributed by atoms with Crippen LogP contribution in [0.5, 0.6) is 0 Å². The lowest BCUT2D eigenvalue weighted by Crippen LogP contribution is -2.16. The van der Waals surface area contributed by atoms with Crippen LogP contribution in [0.15, 0.2) is 0 Å². The van der Waals surface area contributed by atoms with Gasteiger partial charge in [-0.05, 0) is 31.3 Å². The van der Waals surface area contributed by atoms with E-state index in [0.717, 1.165) is 18.4 Å². The minimum Gasteiger partial charge on any atom is -0.317 e. The molecular weight excluding hydrogens is 194 g/mol. The predicted octanol–water partition coefficient (Wildman–Crippen LogP) is 4.62. The van der Waals surface area contributed by atoms with Gasteiger partial charge in [-0.2, -0.15) is 0 Å². The third-order valence-corrected chi connectivity index (χ3v) is 3.52. The number of hydrogen-bond acceptors (Lipinski definition) is 1. The van der Waals surface area contributed by atoms with Gasteiger partial charge in [0.15, 0.2) is 0 Å². The summed E-state index contributed by atoms with van der Waals surface area (Å²) in [7, 11) is 0. The van der Waals surface area contributed by atoms with E-state index < -0.39 is 0 Å². The van der Waals surface area contributed by atoms with Gasteiger partial charge in [0.25, 0.3) is 0 Å². The van der Waals surface area contributed by atoms with Gasteiger partial charge in [0.1, 0.15) is 0 Å². The van der Waals surface area contributed by atoms with Crippen LogP contribution in [-0.2, 0) is 0 Å². The maximum Gasteiger partial charge on any atom is -0.00465 e. The van der Waals surface area contributed by atoms with Crippen LogP contribution in [0, 0.1) is 11.8 Å². The summed E-state index contributed by atoms with van der Waals surface area (Å²) in [6.07, 6.45) is 9.83. The Morgan fingerprint density at radius 3 is 2.00 bits per heavy atom. The van der Waals surface area contributed by atoms with Crippen LogP contribution >= 0.6 is 0 Å². The molecule has 1 unspecified atom stereocenters. The van der Waals surface area contributed by atoms with E-state index in [-0.39, 0.29) is 0 Å². The summed E-state index contributed by atoms with van der Waals surface area (Å²) in [4.78, 5) is 0. The zero-order chi connectivity index (χ0) is 12.2. The fraction of sp³-hybridized carbons (Fsp3) is 1.00. The summed E-state index contributed by atoms with van der Waals surface area (Å²) in [5.74, 6) is 1.83. The topological polar surface area (TPSA) is 12.0 Å². The first-order valence-electron chi connectivity index (χ1n) is 7.41. The largest absolute Gasteiger partial charge is 0.317 e. The molecule has 0 radical (unpaired) electrons. The minimum absolute atomic E-state index is 0.896. The van der Waals surface area contributed by atoms with E-state index in [1.165, 1.54) is 51.5 Å². The highest BCUT2D eigenvalue weighted by atomic mass is 14.8. The molecule has 0 amide bonds. The molecule has 1 N–H and O–H groups in total. The molecule has 0 aromatic rings. The predicted molar refractivity (Wildman–Crippen MR) is 74.9 cm³/mol. The Bertz CT molecular complexity index is 117. The van der Waals surface area contributed by atoms with Gasteiger partial charge in [0.05, 0.1) is 0 Å². The fourth-order valence-corrected chi connectivity index (χ4v) is 2.13. The first kappa shape index (κ1) is 16.0. The Hall–Kier alpha value is -0.0400. The summed E-state index contributed by atoms with van der Waals surface area (Å²) in [5.41, 5.74) is 0. The van der Waals surface area contributed by atoms with Crippen LogP contribution in [0.25, 0.3) is 0 Å². The summed E-state index contributed by atoms with van der Waals surface area (Å²) in [5, 5.41) is 3.41. The fourth-order valence-electron chi connectivity index (χ4n) is 2.13. The molecule has 1 heteroatoms. The van der Waals surface area contributed by atoms with Crippen LogP contribution in [0.3, 0.4) is 0 Å². The van der Waals surface area contributed by atoms with Crippen molar-refractivity contribution >= 4 is 0 Å². The smallest absolute Gasteiger partial charge is 0.00465 e. The summed E-state index contributed by atoms with van der Waals surface area (Å²) in [6.45, 7) is 11.6. The second-order valence-corrected chi connectivity index (χ2v) is 5.43. The van der Waals surface area contributed by atoms with E-state index in [2.05, 4.69) is 33.0 Å². The van der Waals surface area contributed by atoms with E-state index >= 15 is 0 Å². The molecule has 98 valence electrons. The van der Waals surface area contributed by atoms with Gasteiger partial charge < -0.3 is 5.32 Å². The zero-order valence-corrected chi connectivity index (χ0v) is 12.0. The third kappa shape index (κ3) is 10.5. The van der Waals surface area contributed by atoms with E-state index in [9.17, 15) is 0 Å². The molecule has 16 heavy (non-hydrogen) atoms. The molecule has 0 fully saturated rings. The van der Waals surface area contributed by atoms with Crippen molar-refractivity contribution in [2.45, 2.75) is 72.6 Å². The average molecular weight is 227 g/mol. The second-order valence-electron chi connectivity index (χ2n) is 5.43. The summed E-state index contributed by atoms with van der Waals surface area (Å²) >= 11 is 0. The van der Waals surface area contributed by atoms with Crippen LogP contribution in [-0.4, -0.2) is 13.1 Å². The molecule has 0 heterocycles. The van der Waals surface area contributed by atoms with E-state index in [0.29, 0.717) is 0 Å². The van der Waals surface area contributed by atoms with Crippen LogP contribution < -0.4 is 5.32 Å². The van der Waals surface area contributed by atoms with Crippen LogP contribution in [0.4, 0.5) is 0 Å². The van der Waals surface area contributed by atoms with E-state index in [1.54, 1.807) is 0 Å². The molecule has 0 aromatic heterocycles. The van der Waals surface area contributed by atoms with Gasteiger partial charge in [-0.1, -0.05) is 66.2 Å². The van der Waals surface area contributed by atoms with E-state index in [1.807, 2.05) is 0 Å². The van der Waals surface area contributed by atoms with Gasteiger partial charge in [-0.15, -0.1) is 0 Å². The molecule has 0 bridgehead atoms. The van der Waals surface area contributed by atoms with Crippen molar-refractivity contribution < 1.29 is 0 Å². The molecule has 0 aliphatic heterocycles. The number of hydrogen-bond donors (Lipinski definition) is 1. The van der Waals surface area contributed by atoms with Crippen molar-refractivity contribution in [2.75, 3.05) is 13.1 Å². The van der Waals surface area contributed by atoms with Crippen molar-refractivity contribution in [2.24, 2.45) is 11.8 Å². The highest BCUT2D eigenvalue weighted by Gasteiger charge is 2.06. The van der Waals surface area contributed by atoms with Crippen molar-refractivity contribution in [3.8, 4) is 0 Å². The number of unbranched alkanes of at least 4 members (excludes halogenated alkanes) is 2. The van der Waals surface area contributed by atoms with Crippen LogP contribution in [0.1, 0.15) is 72.6 Å². The standard InChI is InChI=1S/C15H33N/c1-5-7-8-9-14(3)10-11-15(4)12-13-16-6-2/h14-16H,5-13H2,1-4H3/t14?,15-/m0/s1. The van der Waals surface area contributed by atoms with Crippen molar-refractivity contribution in [3.63, 3.8) is 0 Å². The lowest BCUT2D eigenvalue weighted by molar-refractivity contribution is 0.384. The van der Waals surface area contributed by atoms with Gasteiger partial charge in [0.2, 0.25) is 0 Å². The number of nitrogens with one attached hydrogen (secondary N) is 1. The Balaban J connectivity index is 3.32. The molecule has 0 rings (SSSR count). The summed E-state index contributed by atoms with van der Waals surface area (Å²) in [6, 6.07) is 0. The zero-order valence-electron chi connectivity index (χ0n) is 12.0. The van der Waals surface area contributed by atoms with Gasteiger partial charge in [-0.25, -0.2) is 0 Å². The number of rotatable bonds is 11. The van der Waals surface area contributed by atoms with Crippen molar-refractivity contribution in [3.05, 3.63) is 0 Å². The molecule has 0 saturated heterocycles. The normalized spacial score (nSPS) is 15.0.